The first-order valence-corrected chi connectivity index (χ1v) is 9.67. The average molecular weight is 432 g/mol. The van der Waals surface area contributed by atoms with Crippen molar-refractivity contribution in [1.82, 2.24) is 0 Å². The molecule has 0 aromatic heterocycles. The Morgan fingerprint density at radius 1 is 1.03 bits per heavy atom. The van der Waals surface area contributed by atoms with E-state index in [4.69, 9.17) is 4.74 Å². The van der Waals surface area contributed by atoms with Crippen molar-refractivity contribution in [1.29, 1.82) is 0 Å². The maximum atomic E-state index is 12.8. The van der Waals surface area contributed by atoms with Gasteiger partial charge in [-0.1, -0.05) is 12.1 Å². The van der Waals surface area contributed by atoms with E-state index in [1.54, 1.807) is 31.2 Å². The standard InChI is InChI=1S/C19H19F3O6S/c1-11-12(2)17(28-29(24,25)19(20,21)22)16(18(23)27-4)10-14(11)9-13-5-7-15(26-3)8-6-13/h5-8,10H,9H2,1-4H3. The van der Waals surface area contributed by atoms with Crippen molar-refractivity contribution < 1.29 is 40.0 Å². The summed E-state index contributed by atoms with van der Waals surface area (Å²) in [5, 5.41) is 0. The Labute approximate surface area is 166 Å². The van der Waals surface area contributed by atoms with Crippen LogP contribution in [0.4, 0.5) is 13.2 Å². The molecule has 0 N–H and O–H groups in total. The van der Waals surface area contributed by atoms with Crippen molar-refractivity contribution in [3.63, 3.8) is 0 Å². The molecule has 0 aliphatic rings. The van der Waals surface area contributed by atoms with Crippen LogP contribution in [-0.4, -0.2) is 34.1 Å². The van der Waals surface area contributed by atoms with Gasteiger partial charge in [0, 0.05) is 0 Å². The van der Waals surface area contributed by atoms with Crippen molar-refractivity contribution in [2.45, 2.75) is 25.8 Å². The van der Waals surface area contributed by atoms with Gasteiger partial charge in [-0.3, -0.25) is 0 Å². The normalized spacial score (nSPS) is 11.8. The van der Waals surface area contributed by atoms with Crippen LogP contribution in [0.25, 0.3) is 0 Å². The minimum atomic E-state index is -5.96. The van der Waals surface area contributed by atoms with Crippen LogP contribution in [-0.2, 0) is 21.3 Å². The van der Waals surface area contributed by atoms with Gasteiger partial charge >= 0.3 is 21.6 Å². The summed E-state index contributed by atoms with van der Waals surface area (Å²) in [4.78, 5) is 12.1. The molecular weight excluding hydrogens is 413 g/mol. The minimum absolute atomic E-state index is 0.0873. The van der Waals surface area contributed by atoms with Gasteiger partial charge in [0.2, 0.25) is 0 Å². The molecule has 0 bridgehead atoms. The first-order chi connectivity index (χ1) is 13.4. The maximum absolute atomic E-state index is 12.8. The first kappa shape index (κ1) is 22.5. The van der Waals surface area contributed by atoms with Gasteiger partial charge in [0.05, 0.1) is 14.2 Å². The predicted molar refractivity (Wildman–Crippen MR) is 98.7 cm³/mol. The molecular formula is C19H19F3O6S. The lowest BCUT2D eigenvalue weighted by Crippen LogP contribution is -2.29. The van der Waals surface area contributed by atoms with Crippen LogP contribution in [0.5, 0.6) is 11.5 Å². The number of halogens is 3. The van der Waals surface area contributed by atoms with E-state index in [2.05, 4.69) is 8.92 Å². The second-order valence-electron chi connectivity index (χ2n) is 6.16. The zero-order valence-electron chi connectivity index (χ0n) is 16.1. The van der Waals surface area contributed by atoms with Gasteiger partial charge in [-0.25, -0.2) is 4.79 Å². The molecule has 0 spiro atoms. The Morgan fingerprint density at radius 3 is 2.10 bits per heavy atom. The molecule has 0 aliphatic heterocycles. The molecule has 10 heteroatoms. The number of benzene rings is 2. The number of hydrogen-bond donors (Lipinski definition) is 0. The zero-order valence-corrected chi connectivity index (χ0v) is 16.9. The Hall–Kier alpha value is -2.75. The van der Waals surface area contributed by atoms with Crippen molar-refractivity contribution >= 4 is 16.1 Å². The van der Waals surface area contributed by atoms with E-state index >= 15 is 0 Å². The second-order valence-corrected chi connectivity index (χ2v) is 7.70. The Balaban J connectivity index is 2.56. The molecule has 29 heavy (non-hydrogen) atoms. The molecule has 2 rings (SSSR count). The van der Waals surface area contributed by atoms with Crippen LogP contribution >= 0.6 is 0 Å². The predicted octanol–water partition coefficient (Wildman–Crippen LogP) is 3.92. The van der Waals surface area contributed by atoms with E-state index in [0.29, 0.717) is 23.3 Å². The molecule has 6 nitrogen and oxygen atoms in total. The summed E-state index contributed by atoms with van der Waals surface area (Å²) in [5.41, 5.74) is -4.02. The summed E-state index contributed by atoms with van der Waals surface area (Å²) >= 11 is 0. The highest BCUT2D eigenvalue weighted by Crippen LogP contribution is 2.35. The molecule has 0 heterocycles. The fourth-order valence-electron chi connectivity index (χ4n) is 2.63. The second kappa shape index (κ2) is 8.32. The van der Waals surface area contributed by atoms with E-state index in [0.717, 1.165) is 12.7 Å². The van der Waals surface area contributed by atoms with Crippen molar-refractivity contribution in [2.75, 3.05) is 14.2 Å². The fourth-order valence-corrected chi connectivity index (χ4v) is 3.16. The van der Waals surface area contributed by atoms with E-state index in [9.17, 15) is 26.4 Å². The molecule has 2 aromatic rings. The third kappa shape index (κ3) is 4.81. The lowest BCUT2D eigenvalue weighted by atomic mass is 9.93. The minimum Gasteiger partial charge on any atom is -0.497 e. The molecule has 0 atom stereocenters. The topological polar surface area (TPSA) is 78.9 Å². The van der Waals surface area contributed by atoms with Gasteiger partial charge < -0.3 is 13.7 Å². The maximum Gasteiger partial charge on any atom is 0.534 e. The van der Waals surface area contributed by atoms with Crippen molar-refractivity contribution in [3.8, 4) is 11.5 Å². The van der Waals surface area contributed by atoms with E-state index in [-0.39, 0.29) is 5.56 Å². The monoisotopic (exact) mass is 432 g/mol. The van der Waals surface area contributed by atoms with Gasteiger partial charge in [-0.05, 0) is 60.7 Å². The zero-order chi connectivity index (χ0) is 22.0. The fraction of sp³-hybridized carbons (Fsp3) is 0.316. The summed E-state index contributed by atoms with van der Waals surface area (Å²) in [5.74, 6) is -1.07. The van der Waals surface area contributed by atoms with Gasteiger partial charge in [-0.15, -0.1) is 0 Å². The smallest absolute Gasteiger partial charge is 0.497 e. The summed E-state index contributed by atoms with van der Waals surface area (Å²) in [6.07, 6.45) is 0.340. The van der Waals surface area contributed by atoms with Crippen molar-refractivity contribution in [2.24, 2.45) is 0 Å². The largest absolute Gasteiger partial charge is 0.534 e. The van der Waals surface area contributed by atoms with Gasteiger partial charge in [0.15, 0.2) is 5.75 Å². The lowest BCUT2D eigenvalue weighted by molar-refractivity contribution is -0.0500. The highest BCUT2D eigenvalue weighted by atomic mass is 32.2. The number of alkyl halides is 3. The number of ether oxygens (including phenoxy) is 2. The van der Waals surface area contributed by atoms with E-state index < -0.39 is 32.9 Å². The van der Waals surface area contributed by atoms with E-state index in [1.165, 1.54) is 20.1 Å². The molecule has 0 fully saturated rings. The lowest BCUT2D eigenvalue weighted by Gasteiger charge is -2.18. The molecule has 0 radical (unpaired) electrons. The summed E-state index contributed by atoms with van der Waals surface area (Å²) < 4.78 is 75.2. The quantitative estimate of drug-likeness (QED) is 0.391. The highest BCUT2D eigenvalue weighted by Gasteiger charge is 2.49. The molecule has 0 unspecified atom stereocenters. The van der Waals surface area contributed by atoms with Crippen LogP contribution in [0.15, 0.2) is 30.3 Å². The molecule has 2 aromatic carbocycles. The highest BCUT2D eigenvalue weighted by molar-refractivity contribution is 7.88. The molecule has 0 amide bonds. The van der Waals surface area contributed by atoms with Crippen LogP contribution < -0.4 is 8.92 Å². The number of carbonyl (C=O) groups excluding carboxylic acids is 1. The Morgan fingerprint density at radius 2 is 1.62 bits per heavy atom. The molecule has 0 aliphatic carbocycles. The van der Waals surface area contributed by atoms with Gasteiger partial charge in [0.1, 0.15) is 11.3 Å². The molecule has 0 saturated heterocycles. The summed E-state index contributed by atoms with van der Waals surface area (Å²) in [6.45, 7) is 2.98. The van der Waals surface area contributed by atoms with Crippen LogP contribution in [0.3, 0.4) is 0 Å². The van der Waals surface area contributed by atoms with Crippen LogP contribution in [0.1, 0.15) is 32.6 Å². The van der Waals surface area contributed by atoms with E-state index in [1.807, 2.05) is 0 Å². The number of hydrogen-bond acceptors (Lipinski definition) is 6. The van der Waals surface area contributed by atoms with Gasteiger partial charge in [-0.2, -0.15) is 21.6 Å². The van der Waals surface area contributed by atoms with Gasteiger partial charge in [0.25, 0.3) is 0 Å². The summed E-state index contributed by atoms with van der Waals surface area (Å²) in [6, 6.07) is 8.35. The third-order valence-electron chi connectivity index (χ3n) is 4.38. The van der Waals surface area contributed by atoms with Crippen LogP contribution in [0.2, 0.25) is 0 Å². The number of rotatable bonds is 6. The molecule has 158 valence electrons. The SMILES string of the molecule is COC(=O)c1cc(Cc2ccc(OC)cc2)c(C)c(C)c1OS(=O)(=O)C(F)(F)F. The number of methoxy groups -OCH3 is 2. The number of esters is 1. The Kier molecular flexibility index (Phi) is 6.46. The Bertz CT molecular complexity index is 1010. The molecule has 0 saturated carbocycles. The average Bonchev–Trinajstić information content (AvgIpc) is 2.66. The number of carbonyl (C=O) groups is 1. The third-order valence-corrected chi connectivity index (χ3v) is 5.34. The first-order valence-electron chi connectivity index (χ1n) is 8.26. The van der Waals surface area contributed by atoms with Crippen molar-refractivity contribution in [3.05, 3.63) is 58.1 Å². The van der Waals surface area contributed by atoms with Crippen LogP contribution in [0, 0.1) is 13.8 Å². The summed E-state index contributed by atoms with van der Waals surface area (Å²) in [7, 11) is -3.40.